The van der Waals surface area contributed by atoms with Crippen molar-refractivity contribution >= 4 is 40.8 Å². The molecule has 0 fully saturated rings. The number of anilines is 3. The maximum absolute atomic E-state index is 5.39. The van der Waals surface area contributed by atoms with Gasteiger partial charge in [-0.15, -0.1) is 11.8 Å². The van der Waals surface area contributed by atoms with Crippen LogP contribution in [0.15, 0.2) is 40.4 Å². The van der Waals surface area contributed by atoms with Crippen molar-refractivity contribution in [1.82, 2.24) is 9.97 Å². The van der Waals surface area contributed by atoms with Gasteiger partial charge < -0.3 is 10.7 Å². The quantitative estimate of drug-likeness (QED) is 0.338. The summed E-state index contributed by atoms with van der Waals surface area (Å²) in [5.41, 5.74) is 3.52. The summed E-state index contributed by atoms with van der Waals surface area (Å²) in [5, 5.41) is 3.90. The molecule has 0 aliphatic carbocycles. The highest BCUT2D eigenvalue weighted by Crippen LogP contribution is 2.22. The normalized spacial score (nSPS) is 10.3. The minimum atomic E-state index is 0.586. The van der Waals surface area contributed by atoms with E-state index in [2.05, 4.69) is 39.1 Å². The Morgan fingerprint density at radius 2 is 1.68 bits per heavy atom. The fourth-order valence-electron chi connectivity index (χ4n) is 1.48. The number of thioether (sulfide) groups is 2. The lowest BCUT2D eigenvalue weighted by Gasteiger charge is -2.09. The molecule has 0 aliphatic rings. The SMILES string of the molecule is CSc1ccc(Nc2cc(NN)nc(SC)n2)cc1. The Hall–Kier alpha value is -1.44. The van der Waals surface area contributed by atoms with Crippen LogP contribution in [0.5, 0.6) is 0 Å². The first-order valence-electron chi connectivity index (χ1n) is 5.56. The van der Waals surface area contributed by atoms with Crippen molar-refractivity contribution in [1.29, 1.82) is 0 Å². The zero-order chi connectivity index (χ0) is 13.7. The molecular weight excluding hydrogens is 278 g/mol. The molecule has 1 aromatic heterocycles. The number of rotatable bonds is 5. The third kappa shape index (κ3) is 3.76. The molecule has 0 saturated heterocycles. The molecule has 2 rings (SSSR count). The standard InChI is InChI=1S/C12H15N5S2/c1-18-9-5-3-8(4-6-9)14-10-7-11(17-13)16-12(15-10)19-2/h3-7H,13H2,1-2H3,(H2,14,15,16,17). The number of hydrogen-bond donors (Lipinski definition) is 3. The van der Waals surface area contributed by atoms with E-state index in [1.165, 1.54) is 16.7 Å². The number of nitrogens with one attached hydrogen (secondary N) is 2. The van der Waals surface area contributed by atoms with Gasteiger partial charge in [0.25, 0.3) is 0 Å². The van der Waals surface area contributed by atoms with Gasteiger partial charge in [-0.1, -0.05) is 11.8 Å². The average molecular weight is 293 g/mol. The van der Waals surface area contributed by atoms with E-state index < -0.39 is 0 Å². The van der Waals surface area contributed by atoms with Gasteiger partial charge in [-0.2, -0.15) is 0 Å². The predicted molar refractivity (Wildman–Crippen MR) is 83.1 cm³/mol. The molecule has 5 nitrogen and oxygen atoms in total. The van der Waals surface area contributed by atoms with E-state index in [1.807, 2.05) is 18.4 Å². The van der Waals surface area contributed by atoms with Gasteiger partial charge in [0.1, 0.15) is 11.6 Å². The van der Waals surface area contributed by atoms with E-state index in [0.29, 0.717) is 16.8 Å². The topological polar surface area (TPSA) is 75.9 Å². The summed E-state index contributed by atoms with van der Waals surface area (Å²) in [7, 11) is 0. The zero-order valence-electron chi connectivity index (χ0n) is 10.7. The van der Waals surface area contributed by atoms with Gasteiger partial charge in [-0.25, -0.2) is 15.8 Å². The molecule has 1 aromatic carbocycles. The van der Waals surface area contributed by atoms with Gasteiger partial charge in [0.2, 0.25) is 0 Å². The lowest BCUT2D eigenvalue weighted by molar-refractivity contribution is 0.971. The van der Waals surface area contributed by atoms with E-state index in [-0.39, 0.29) is 0 Å². The molecule has 100 valence electrons. The van der Waals surface area contributed by atoms with Gasteiger partial charge in [0.15, 0.2) is 5.16 Å². The monoisotopic (exact) mass is 293 g/mol. The second-order valence-electron chi connectivity index (χ2n) is 3.62. The van der Waals surface area contributed by atoms with E-state index >= 15 is 0 Å². The van der Waals surface area contributed by atoms with Crippen molar-refractivity contribution in [2.45, 2.75) is 10.1 Å². The van der Waals surface area contributed by atoms with Crippen LogP contribution < -0.4 is 16.6 Å². The molecule has 0 bridgehead atoms. The third-order valence-electron chi connectivity index (χ3n) is 2.40. The number of hydrazine groups is 1. The summed E-state index contributed by atoms with van der Waals surface area (Å²) < 4.78 is 0. The first-order chi connectivity index (χ1) is 9.25. The van der Waals surface area contributed by atoms with Crippen LogP contribution in [-0.4, -0.2) is 22.5 Å². The van der Waals surface area contributed by atoms with E-state index in [0.717, 1.165) is 5.69 Å². The Labute approximate surface area is 120 Å². The Kier molecular flexibility index (Phi) is 4.89. The van der Waals surface area contributed by atoms with Crippen molar-refractivity contribution in [3.8, 4) is 0 Å². The van der Waals surface area contributed by atoms with Crippen LogP contribution in [0.1, 0.15) is 0 Å². The molecule has 0 amide bonds. The summed E-state index contributed by atoms with van der Waals surface area (Å²) in [6, 6.07) is 9.92. The molecule has 0 spiro atoms. The summed E-state index contributed by atoms with van der Waals surface area (Å²) in [5.74, 6) is 6.69. The van der Waals surface area contributed by atoms with E-state index in [4.69, 9.17) is 5.84 Å². The van der Waals surface area contributed by atoms with E-state index in [1.54, 1.807) is 17.8 Å². The second kappa shape index (κ2) is 6.65. The Balaban J connectivity index is 2.21. The maximum atomic E-state index is 5.39. The van der Waals surface area contributed by atoms with Crippen molar-refractivity contribution in [3.05, 3.63) is 30.3 Å². The highest BCUT2D eigenvalue weighted by Gasteiger charge is 2.03. The van der Waals surface area contributed by atoms with Gasteiger partial charge >= 0.3 is 0 Å². The zero-order valence-corrected chi connectivity index (χ0v) is 12.3. The second-order valence-corrected chi connectivity index (χ2v) is 5.28. The van der Waals surface area contributed by atoms with Gasteiger partial charge in [0, 0.05) is 16.6 Å². The lowest BCUT2D eigenvalue weighted by Crippen LogP contribution is -2.10. The minimum absolute atomic E-state index is 0.586. The Morgan fingerprint density at radius 1 is 1.00 bits per heavy atom. The fraction of sp³-hybridized carbons (Fsp3) is 0.167. The van der Waals surface area contributed by atoms with Crippen LogP contribution in [0.3, 0.4) is 0 Å². The summed E-state index contributed by atoms with van der Waals surface area (Å²) in [6.45, 7) is 0. The molecule has 0 aliphatic heterocycles. The first-order valence-corrected chi connectivity index (χ1v) is 8.01. The molecule has 0 saturated carbocycles. The number of nitrogens with zero attached hydrogens (tertiary/aromatic N) is 2. The summed E-state index contributed by atoms with van der Waals surface area (Å²) >= 11 is 3.18. The molecule has 19 heavy (non-hydrogen) atoms. The summed E-state index contributed by atoms with van der Waals surface area (Å²) in [4.78, 5) is 9.81. The van der Waals surface area contributed by atoms with E-state index in [9.17, 15) is 0 Å². The van der Waals surface area contributed by atoms with Crippen molar-refractivity contribution in [2.24, 2.45) is 5.84 Å². The average Bonchev–Trinajstić information content (AvgIpc) is 2.47. The Bertz CT molecular complexity index is 522. The van der Waals surface area contributed by atoms with Gasteiger partial charge in [0.05, 0.1) is 0 Å². The van der Waals surface area contributed by atoms with Crippen LogP contribution in [0.2, 0.25) is 0 Å². The van der Waals surface area contributed by atoms with Crippen LogP contribution in [0.25, 0.3) is 0 Å². The fourth-order valence-corrected chi connectivity index (χ4v) is 2.26. The van der Waals surface area contributed by atoms with Crippen molar-refractivity contribution in [2.75, 3.05) is 23.3 Å². The molecule has 4 N–H and O–H groups in total. The highest BCUT2D eigenvalue weighted by atomic mass is 32.2. The minimum Gasteiger partial charge on any atom is -0.340 e. The molecule has 0 atom stereocenters. The smallest absolute Gasteiger partial charge is 0.191 e. The number of nitrogen functional groups attached to an aromatic ring is 1. The van der Waals surface area contributed by atoms with Crippen LogP contribution >= 0.6 is 23.5 Å². The largest absolute Gasteiger partial charge is 0.340 e. The number of aromatic nitrogens is 2. The molecule has 1 heterocycles. The maximum Gasteiger partial charge on any atom is 0.191 e. The van der Waals surface area contributed by atoms with Crippen LogP contribution in [0.4, 0.5) is 17.3 Å². The number of nitrogens with two attached hydrogens (primary N) is 1. The van der Waals surface area contributed by atoms with Crippen LogP contribution in [-0.2, 0) is 0 Å². The predicted octanol–water partition coefficient (Wildman–Crippen LogP) is 2.95. The third-order valence-corrected chi connectivity index (χ3v) is 3.69. The number of benzene rings is 1. The molecule has 2 aromatic rings. The Morgan fingerprint density at radius 3 is 2.26 bits per heavy atom. The van der Waals surface area contributed by atoms with Crippen LogP contribution in [0, 0.1) is 0 Å². The molecule has 7 heteroatoms. The first kappa shape index (κ1) is 14.0. The molecule has 0 radical (unpaired) electrons. The van der Waals surface area contributed by atoms with Gasteiger partial charge in [-0.05, 0) is 36.8 Å². The molecule has 0 unspecified atom stereocenters. The molecular formula is C12H15N5S2. The lowest BCUT2D eigenvalue weighted by atomic mass is 10.3. The number of hydrogen-bond acceptors (Lipinski definition) is 7. The van der Waals surface area contributed by atoms with Crippen molar-refractivity contribution in [3.63, 3.8) is 0 Å². The highest BCUT2D eigenvalue weighted by molar-refractivity contribution is 7.98. The summed E-state index contributed by atoms with van der Waals surface area (Å²) in [6.07, 6.45) is 3.98. The van der Waals surface area contributed by atoms with Gasteiger partial charge in [-0.3, -0.25) is 0 Å². The van der Waals surface area contributed by atoms with Crippen molar-refractivity contribution < 1.29 is 0 Å².